The fourth-order valence-electron chi connectivity index (χ4n) is 0.524. The molecule has 0 fully saturated rings. The highest BCUT2D eigenvalue weighted by molar-refractivity contribution is 5.44. The fraction of sp³-hybridized carbons (Fsp3) is 0. The molecule has 0 radical (unpaired) electrons. The second-order valence-electron chi connectivity index (χ2n) is 1.55. The van der Waals surface area contributed by atoms with Gasteiger partial charge < -0.3 is 0 Å². The SMILES string of the molecule is N#[N+]c1cccc([N+]#N)n1. The van der Waals surface area contributed by atoms with Crippen molar-refractivity contribution < 1.29 is 0 Å². The van der Waals surface area contributed by atoms with Crippen LogP contribution in [0.1, 0.15) is 0 Å². The summed E-state index contributed by atoms with van der Waals surface area (Å²) in [6, 6.07) is 4.53. The number of hydrogen-bond donors (Lipinski definition) is 0. The number of aromatic nitrogens is 1. The summed E-state index contributed by atoms with van der Waals surface area (Å²) in [4.78, 5) is 9.17. The highest BCUT2D eigenvalue weighted by Crippen LogP contribution is 2.13. The van der Waals surface area contributed by atoms with Gasteiger partial charge in [-0.3, -0.25) is 0 Å². The van der Waals surface area contributed by atoms with Gasteiger partial charge in [0.05, 0.1) is 22.9 Å². The number of diazo groups is 2. The minimum atomic E-state index is 0.121. The van der Waals surface area contributed by atoms with Crippen molar-refractivity contribution in [1.29, 1.82) is 10.8 Å². The summed E-state index contributed by atoms with van der Waals surface area (Å²) >= 11 is 0. The Morgan fingerprint density at radius 1 is 1.10 bits per heavy atom. The van der Waals surface area contributed by atoms with Crippen molar-refractivity contribution in [1.82, 2.24) is 4.98 Å². The zero-order valence-electron chi connectivity index (χ0n) is 4.97. The molecule has 0 amide bonds. The van der Waals surface area contributed by atoms with E-state index in [2.05, 4.69) is 14.9 Å². The Morgan fingerprint density at radius 3 is 2.00 bits per heavy atom. The molecule has 0 aliphatic carbocycles. The Bertz CT molecular complexity index is 288. The van der Waals surface area contributed by atoms with Gasteiger partial charge in [0.2, 0.25) is 0 Å². The predicted octanol–water partition coefficient (Wildman–Crippen LogP) is 2.05. The molecule has 0 N–H and O–H groups in total. The van der Waals surface area contributed by atoms with Crippen LogP contribution in [0, 0.1) is 10.8 Å². The van der Waals surface area contributed by atoms with Crippen LogP contribution in [-0.4, -0.2) is 4.98 Å². The van der Waals surface area contributed by atoms with Gasteiger partial charge in [0.1, 0.15) is 0 Å². The molecular weight excluding hydrogens is 130 g/mol. The van der Waals surface area contributed by atoms with Gasteiger partial charge in [-0.2, -0.15) is 0 Å². The average Bonchev–Trinajstić information content (AvgIpc) is 2.05. The van der Waals surface area contributed by atoms with Gasteiger partial charge in [0.15, 0.2) is 0 Å². The summed E-state index contributed by atoms with van der Waals surface area (Å²) in [5.74, 6) is 0.241. The Balaban J connectivity index is 3.17. The molecule has 0 atom stereocenters. The van der Waals surface area contributed by atoms with E-state index in [-0.39, 0.29) is 11.6 Å². The molecule has 1 rings (SSSR count). The third kappa shape index (κ3) is 1.04. The van der Waals surface area contributed by atoms with E-state index in [1.54, 1.807) is 6.07 Å². The standard InChI is InChI=1S/C5H3N5/c6-9-4-2-1-3-5(8-4)10-7/h1-3H/q+2. The summed E-state index contributed by atoms with van der Waals surface area (Å²) in [6.45, 7) is 0. The first-order chi connectivity index (χ1) is 4.86. The van der Waals surface area contributed by atoms with Crippen molar-refractivity contribution in [2.45, 2.75) is 0 Å². The quantitative estimate of drug-likeness (QED) is 0.508. The lowest BCUT2D eigenvalue weighted by Gasteiger charge is -1.68. The van der Waals surface area contributed by atoms with E-state index in [0.29, 0.717) is 0 Å². The lowest BCUT2D eigenvalue weighted by atomic mass is 10.4. The molecule has 0 aromatic carbocycles. The summed E-state index contributed by atoms with van der Waals surface area (Å²) < 4.78 is 0. The molecule has 0 aliphatic heterocycles. The van der Waals surface area contributed by atoms with Crippen molar-refractivity contribution in [3.63, 3.8) is 0 Å². The first-order valence-corrected chi connectivity index (χ1v) is 2.54. The van der Waals surface area contributed by atoms with E-state index >= 15 is 0 Å². The number of hydrogen-bond acceptors (Lipinski definition) is 3. The molecule has 1 aromatic heterocycles. The molecule has 10 heavy (non-hydrogen) atoms. The first-order valence-electron chi connectivity index (χ1n) is 2.54. The van der Waals surface area contributed by atoms with Gasteiger partial charge in [-0.05, 0) is 6.07 Å². The number of nitrogens with zero attached hydrogens (tertiary/aromatic N) is 5. The monoisotopic (exact) mass is 133 g/mol. The summed E-state index contributed by atoms with van der Waals surface area (Å²) in [7, 11) is 0. The minimum absolute atomic E-state index is 0.121. The third-order valence-electron chi connectivity index (χ3n) is 0.925. The molecule has 1 aromatic rings. The Labute approximate surface area is 56.6 Å². The van der Waals surface area contributed by atoms with Crippen molar-refractivity contribution in [3.8, 4) is 0 Å². The van der Waals surface area contributed by atoms with E-state index in [1.807, 2.05) is 0 Å². The highest BCUT2D eigenvalue weighted by atomic mass is 15.0. The molecule has 46 valence electrons. The first kappa shape index (κ1) is 6.12. The molecular formula is C5H3N5+2. The minimum Gasteiger partial charge on any atom is -0.0425 e. The van der Waals surface area contributed by atoms with E-state index < -0.39 is 0 Å². The normalized spacial score (nSPS) is 7.80. The van der Waals surface area contributed by atoms with Crippen LogP contribution in [0.4, 0.5) is 11.6 Å². The van der Waals surface area contributed by atoms with Gasteiger partial charge in [-0.1, -0.05) is 0 Å². The smallest absolute Gasteiger partial charge is 0.0425 e. The topological polar surface area (TPSA) is 69.2 Å². The summed E-state index contributed by atoms with van der Waals surface area (Å²) in [5.41, 5.74) is 0. The van der Waals surface area contributed by atoms with Crippen LogP contribution < -0.4 is 0 Å². The van der Waals surface area contributed by atoms with Crippen LogP contribution in [0.2, 0.25) is 0 Å². The highest BCUT2D eigenvalue weighted by Gasteiger charge is 2.11. The molecule has 0 saturated heterocycles. The number of rotatable bonds is 0. The van der Waals surface area contributed by atoms with Gasteiger partial charge in [-0.15, -0.1) is 0 Å². The maximum Gasteiger partial charge on any atom is 0.469 e. The van der Waals surface area contributed by atoms with Crippen LogP contribution in [0.3, 0.4) is 0 Å². The van der Waals surface area contributed by atoms with Crippen LogP contribution in [0.5, 0.6) is 0 Å². The zero-order valence-corrected chi connectivity index (χ0v) is 4.97. The van der Waals surface area contributed by atoms with E-state index in [1.165, 1.54) is 12.1 Å². The van der Waals surface area contributed by atoms with Crippen LogP contribution in [-0.2, 0) is 0 Å². The molecule has 0 unspecified atom stereocenters. The van der Waals surface area contributed by atoms with Gasteiger partial charge in [-0.25, -0.2) is 0 Å². The molecule has 0 spiro atoms. The Morgan fingerprint density at radius 2 is 1.60 bits per heavy atom. The third-order valence-corrected chi connectivity index (χ3v) is 0.925. The van der Waals surface area contributed by atoms with Crippen molar-refractivity contribution in [3.05, 3.63) is 28.2 Å². The van der Waals surface area contributed by atoms with Gasteiger partial charge in [0.25, 0.3) is 0 Å². The molecule has 0 bridgehead atoms. The van der Waals surface area contributed by atoms with Crippen molar-refractivity contribution >= 4 is 11.6 Å². The van der Waals surface area contributed by atoms with E-state index in [0.717, 1.165) is 0 Å². The fourth-order valence-corrected chi connectivity index (χ4v) is 0.524. The number of pyridine rings is 1. The second kappa shape index (κ2) is 2.51. The van der Waals surface area contributed by atoms with E-state index in [4.69, 9.17) is 10.8 Å². The van der Waals surface area contributed by atoms with Crippen LogP contribution in [0.25, 0.3) is 9.95 Å². The largest absolute Gasteiger partial charge is 0.469 e. The van der Waals surface area contributed by atoms with Gasteiger partial charge in [0, 0.05) is 14.9 Å². The Hall–Kier alpha value is -2.01. The predicted molar refractivity (Wildman–Crippen MR) is 33.7 cm³/mol. The lowest BCUT2D eigenvalue weighted by Crippen LogP contribution is -1.68. The molecule has 5 nitrogen and oxygen atoms in total. The second-order valence-corrected chi connectivity index (χ2v) is 1.55. The summed E-state index contributed by atoms with van der Waals surface area (Å²) in [5, 5.41) is 16.4. The molecule has 0 saturated carbocycles. The lowest BCUT2D eigenvalue weighted by molar-refractivity contribution is 1.31. The maximum atomic E-state index is 8.20. The zero-order chi connectivity index (χ0) is 7.40. The van der Waals surface area contributed by atoms with Crippen molar-refractivity contribution in [2.24, 2.45) is 0 Å². The Kier molecular flexibility index (Phi) is 1.54. The van der Waals surface area contributed by atoms with E-state index in [9.17, 15) is 0 Å². The molecule has 0 aliphatic rings. The van der Waals surface area contributed by atoms with Crippen LogP contribution in [0.15, 0.2) is 18.2 Å². The van der Waals surface area contributed by atoms with Crippen LogP contribution >= 0.6 is 0 Å². The maximum absolute atomic E-state index is 8.20. The van der Waals surface area contributed by atoms with Crippen molar-refractivity contribution in [2.75, 3.05) is 0 Å². The molecule has 5 heteroatoms. The molecule has 1 heterocycles. The average molecular weight is 133 g/mol. The van der Waals surface area contributed by atoms with Gasteiger partial charge >= 0.3 is 11.6 Å². The summed E-state index contributed by atoms with van der Waals surface area (Å²) in [6.07, 6.45) is 0.